The van der Waals surface area contributed by atoms with Crippen LogP contribution < -0.4 is 20.9 Å². The Hall–Kier alpha value is -3.75. The Morgan fingerprint density at radius 2 is 1.94 bits per heavy atom. The minimum absolute atomic E-state index is 0.0212. The van der Waals surface area contributed by atoms with Crippen molar-refractivity contribution in [3.8, 4) is 0 Å². The highest BCUT2D eigenvalue weighted by molar-refractivity contribution is 5.73. The van der Waals surface area contributed by atoms with Crippen LogP contribution in [0.4, 0.5) is 27.5 Å². The number of nitrogens with zero attached hydrogens (tertiary/aromatic N) is 4. The third-order valence-corrected chi connectivity index (χ3v) is 5.32. The molecule has 166 valence electrons. The normalized spacial score (nSPS) is 16.5. The van der Waals surface area contributed by atoms with E-state index >= 15 is 0 Å². The molecule has 1 unspecified atom stereocenters. The predicted octanol–water partition coefficient (Wildman–Crippen LogP) is 3.64. The number of amides is 1. The predicted molar refractivity (Wildman–Crippen MR) is 122 cm³/mol. The first-order valence-corrected chi connectivity index (χ1v) is 10.6. The van der Waals surface area contributed by atoms with Crippen LogP contribution in [0.2, 0.25) is 0 Å². The minimum atomic E-state index is -0.265. The van der Waals surface area contributed by atoms with Crippen molar-refractivity contribution in [2.24, 2.45) is 0 Å². The number of carbonyl (C=O) groups is 1. The third kappa shape index (κ3) is 5.48. The molecule has 2 atom stereocenters. The van der Waals surface area contributed by atoms with Gasteiger partial charge < -0.3 is 20.9 Å². The van der Waals surface area contributed by atoms with Gasteiger partial charge in [-0.1, -0.05) is 12.1 Å². The van der Waals surface area contributed by atoms with Crippen LogP contribution in [-0.4, -0.2) is 40.0 Å². The zero-order chi connectivity index (χ0) is 22.5. The monoisotopic (exact) mass is 435 g/mol. The van der Waals surface area contributed by atoms with Gasteiger partial charge in [0.2, 0.25) is 5.91 Å². The zero-order valence-corrected chi connectivity index (χ0v) is 18.0. The van der Waals surface area contributed by atoms with E-state index in [1.807, 2.05) is 19.1 Å². The molecule has 3 aromatic rings. The summed E-state index contributed by atoms with van der Waals surface area (Å²) in [6.07, 6.45) is 5.73. The molecule has 3 heterocycles. The number of hydrogen-bond donors (Lipinski definition) is 3. The maximum absolute atomic E-state index is 13.3. The maximum atomic E-state index is 13.3. The standard InChI is InChI=1S/C23H26FN7O/c1-15(17-3-5-18(24)6-4-17)27-21-11-20(31-10-7-19(14-31)28-16(2)32)12-22(29-21)30-23-13-25-8-9-26-23/h3-6,8-9,11-13,15,19H,7,10,14H2,1-2H3,(H,28,32)(H2,26,27,29,30)/t15?,19-/m0/s1. The van der Waals surface area contributed by atoms with Gasteiger partial charge in [0.25, 0.3) is 0 Å². The lowest BCUT2D eigenvalue weighted by Crippen LogP contribution is -2.35. The van der Waals surface area contributed by atoms with Gasteiger partial charge in [0, 0.05) is 62.3 Å². The number of pyridine rings is 1. The summed E-state index contributed by atoms with van der Waals surface area (Å²) in [5.41, 5.74) is 1.93. The first-order chi connectivity index (χ1) is 15.5. The summed E-state index contributed by atoms with van der Waals surface area (Å²) in [6.45, 7) is 5.09. The quantitative estimate of drug-likeness (QED) is 0.521. The molecule has 8 nitrogen and oxygen atoms in total. The van der Waals surface area contributed by atoms with Crippen LogP contribution >= 0.6 is 0 Å². The number of aromatic nitrogens is 3. The summed E-state index contributed by atoms with van der Waals surface area (Å²) in [4.78, 5) is 26.7. The summed E-state index contributed by atoms with van der Waals surface area (Å²) in [7, 11) is 0. The highest BCUT2D eigenvalue weighted by Crippen LogP contribution is 2.29. The first kappa shape index (κ1) is 21.5. The van der Waals surface area contributed by atoms with Crippen LogP contribution in [-0.2, 0) is 4.79 Å². The fraction of sp³-hybridized carbons (Fsp3) is 0.304. The second kappa shape index (κ2) is 9.59. The van der Waals surface area contributed by atoms with E-state index in [0.717, 1.165) is 30.8 Å². The molecule has 0 spiro atoms. The van der Waals surface area contributed by atoms with Crippen molar-refractivity contribution in [1.82, 2.24) is 20.3 Å². The van der Waals surface area contributed by atoms with Crippen molar-refractivity contribution in [2.45, 2.75) is 32.4 Å². The van der Waals surface area contributed by atoms with Gasteiger partial charge >= 0.3 is 0 Å². The molecule has 1 aliphatic rings. The van der Waals surface area contributed by atoms with Crippen molar-refractivity contribution in [1.29, 1.82) is 0 Å². The molecule has 1 saturated heterocycles. The van der Waals surface area contributed by atoms with Gasteiger partial charge in [-0.2, -0.15) is 0 Å². The van der Waals surface area contributed by atoms with Crippen LogP contribution in [0.15, 0.2) is 55.0 Å². The van der Waals surface area contributed by atoms with E-state index in [9.17, 15) is 9.18 Å². The Morgan fingerprint density at radius 1 is 1.16 bits per heavy atom. The summed E-state index contributed by atoms with van der Waals surface area (Å²) >= 11 is 0. The number of nitrogens with one attached hydrogen (secondary N) is 3. The average molecular weight is 436 g/mol. The van der Waals surface area contributed by atoms with E-state index in [4.69, 9.17) is 4.98 Å². The van der Waals surface area contributed by atoms with Gasteiger partial charge in [0.15, 0.2) is 0 Å². The van der Waals surface area contributed by atoms with Crippen molar-refractivity contribution in [2.75, 3.05) is 28.6 Å². The Labute approximate surface area is 186 Å². The summed E-state index contributed by atoms with van der Waals surface area (Å²) in [5, 5.41) is 9.60. The van der Waals surface area contributed by atoms with E-state index in [0.29, 0.717) is 17.5 Å². The first-order valence-electron chi connectivity index (χ1n) is 10.6. The Kier molecular flexibility index (Phi) is 6.44. The van der Waals surface area contributed by atoms with Crippen molar-refractivity contribution in [3.63, 3.8) is 0 Å². The largest absolute Gasteiger partial charge is 0.369 e. The zero-order valence-electron chi connectivity index (χ0n) is 18.0. The molecule has 1 aliphatic heterocycles. The van der Waals surface area contributed by atoms with E-state index in [1.54, 1.807) is 30.7 Å². The van der Waals surface area contributed by atoms with Gasteiger partial charge in [0.1, 0.15) is 23.3 Å². The lowest BCUT2D eigenvalue weighted by Gasteiger charge is -2.22. The van der Waals surface area contributed by atoms with Gasteiger partial charge in [-0.15, -0.1) is 0 Å². The molecular weight excluding hydrogens is 409 g/mol. The number of benzene rings is 1. The molecule has 2 aromatic heterocycles. The number of rotatable bonds is 7. The van der Waals surface area contributed by atoms with E-state index in [-0.39, 0.29) is 23.8 Å². The van der Waals surface area contributed by atoms with Crippen LogP contribution in [0.3, 0.4) is 0 Å². The smallest absolute Gasteiger partial charge is 0.217 e. The van der Waals surface area contributed by atoms with Crippen LogP contribution in [0, 0.1) is 5.82 Å². The molecule has 1 fully saturated rings. The molecule has 9 heteroatoms. The Balaban J connectivity index is 1.58. The molecule has 32 heavy (non-hydrogen) atoms. The second-order valence-corrected chi connectivity index (χ2v) is 7.86. The lowest BCUT2D eigenvalue weighted by atomic mass is 10.1. The van der Waals surface area contributed by atoms with Crippen LogP contribution in [0.1, 0.15) is 31.9 Å². The van der Waals surface area contributed by atoms with Gasteiger partial charge in [-0.3, -0.25) is 9.78 Å². The number of hydrogen-bond acceptors (Lipinski definition) is 7. The third-order valence-electron chi connectivity index (χ3n) is 5.32. The Bertz CT molecular complexity index is 1060. The van der Waals surface area contributed by atoms with Gasteiger partial charge in [0.05, 0.1) is 6.20 Å². The Morgan fingerprint density at radius 3 is 2.66 bits per heavy atom. The summed E-state index contributed by atoms with van der Waals surface area (Å²) in [5.74, 6) is 1.60. The van der Waals surface area contributed by atoms with Crippen molar-refractivity contribution < 1.29 is 9.18 Å². The van der Waals surface area contributed by atoms with Crippen LogP contribution in [0.25, 0.3) is 0 Å². The molecule has 3 N–H and O–H groups in total. The molecule has 0 bridgehead atoms. The highest BCUT2D eigenvalue weighted by Gasteiger charge is 2.24. The number of halogens is 1. The second-order valence-electron chi connectivity index (χ2n) is 7.86. The topological polar surface area (TPSA) is 95.1 Å². The molecule has 1 aromatic carbocycles. The maximum Gasteiger partial charge on any atom is 0.217 e. The fourth-order valence-corrected chi connectivity index (χ4v) is 3.79. The SMILES string of the molecule is CC(=O)N[C@H]1CCN(c2cc(Nc3cnccn3)nc(NC(C)c3ccc(F)cc3)c2)C1. The van der Waals surface area contributed by atoms with E-state index in [1.165, 1.54) is 19.1 Å². The van der Waals surface area contributed by atoms with Crippen molar-refractivity contribution in [3.05, 3.63) is 66.4 Å². The fourth-order valence-electron chi connectivity index (χ4n) is 3.79. The lowest BCUT2D eigenvalue weighted by molar-refractivity contribution is -0.119. The summed E-state index contributed by atoms with van der Waals surface area (Å²) in [6, 6.07) is 10.4. The van der Waals surface area contributed by atoms with Crippen molar-refractivity contribution >= 4 is 29.0 Å². The molecule has 1 amide bonds. The molecular formula is C23H26FN7O. The van der Waals surface area contributed by atoms with E-state index < -0.39 is 0 Å². The van der Waals surface area contributed by atoms with Crippen LogP contribution in [0.5, 0.6) is 0 Å². The molecule has 0 aliphatic carbocycles. The van der Waals surface area contributed by atoms with Gasteiger partial charge in [-0.05, 0) is 31.0 Å². The minimum Gasteiger partial charge on any atom is -0.369 e. The molecule has 4 rings (SSSR count). The van der Waals surface area contributed by atoms with E-state index in [2.05, 4.69) is 30.8 Å². The average Bonchev–Trinajstić information content (AvgIpc) is 3.22. The number of carbonyl (C=O) groups excluding carboxylic acids is 1. The summed E-state index contributed by atoms with van der Waals surface area (Å²) < 4.78 is 13.3. The molecule has 0 saturated carbocycles. The number of anilines is 4. The van der Waals surface area contributed by atoms with Gasteiger partial charge in [-0.25, -0.2) is 14.4 Å². The highest BCUT2D eigenvalue weighted by atomic mass is 19.1. The molecule has 0 radical (unpaired) electrons.